The van der Waals surface area contributed by atoms with Crippen LogP contribution in [-0.4, -0.2) is 164 Å². The monoisotopic (exact) mass is 870 g/mol. The molecular formula is C45H74O16. The first-order valence-electron chi connectivity index (χ1n) is 23.5. The number of rotatable bonds is 7. The summed E-state index contributed by atoms with van der Waals surface area (Å²) in [7, 11) is 0. The minimum Gasteiger partial charge on any atom is -0.394 e. The van der Waals surface area contributed by atoms with Gasteiger partial charge >= 0.3 is 0 Å². The summed E-state index contributed by atoms with van der Waals surface area (Å²) in [5, 5.41) is 85.9. The Morgan fingerprint density at radius 3 is 1.85 bits per heavy atom. The Hall–Kier alpha value is -0.640. The van der Waals surface area contributed by atoms with Crippen molar-refractivity contribution in [1.82, 2.24) is 0 Å². The van der Waals surface area contributed by atoms with Gasteiger partial charge in [0, 0.05) is 12.3 Å². The second-order valence-corrected chi connectivity index (χ2v) is 21.5. The average Bonchev–Trinajstić information content (AvgIpc) is 3.69. The Morgan fingerprint density at radius 1 is 0.590 bits per heavy atom. The van der Waals surface area contributed by atoms with E-state index in [1.54, 1.807) is 0 Å². The van der Waals surface area contributed by atoms with Crippen LogP contribution in [-0.2, 0) is 37.9 Å². The third kappa shape index (κ3) is 7.50. The zero-order valence-corrected chi connectivity index (χ0v) is 36.7. The maximum absolute atomic E-state index is 12.0. The Kier molecular flexibility index (Phi) is 12.6. The second-order valence-electron chi connectivity index (χ2n) is 21.5. The molecular weight excluding hydrogens is 796 g/mol. The van der Waals surface area contributed by atoms with Crippen molar-refractivity contribution in [2.45, 2.75) is 216 Å². The van der Waals surface area contributed by atoms with Gasteiger partial charge in [0.1, 0.15) is 61.0 Å². The standard InChI is InChI=1S/C45H74O16/c1-19-9-14-45(54-18-19)20(2)30-28(61-45)16-27-25-8-7-23-15-24(10-12-43(23,5)26(25)11-13-44(27,30)6)57-42-39(60-41-36(52)34(50)32(48)22(4)56-41)37(53)38(29(17-46)58-42)59-40-35(51)33(49)31(47)21(3)55-40/h19-42,46-53H,7-18H2,1-6H3/t19-,20+,21-,22-,23+,24+,25-,26-,27+,28+,29+,30+,31+,32-,33+,34+,35+,36+,37-,38+,39+,40+,41+,42+,43-,44-,45-/m1/s1. The molecule has 0 unspecified atom stereocenters. The fourth-order valence-corrected chi connectivity index (χ4v) is 14.6. The highest BCUT2D eigenvalue weighted by Crippen LogP contribution is 2.71. The van der Waals surface area contributed by atoms with E-state index in [9.17, 15) is 40.9 Å². The van der Waals surface area contributed by atoms with Gasteiger partial charge in [0.25, 0.3) is 0 Å². The van der Waals surface area contributed by atoms with Crippen LogP contribution in [0.5, 0.6) is 0 Å². The first-order valence-corrected chi connectivity index (χ1v) is 23.5. The summed E-state index contributed by atoms with van der Waals surface area (Å²) < 4.78 is 50.3. The van der Waals surface area contributed by atoms with Crippen molar-refractivity contribution in [2.24, 2.45) is 52.3 Å². The third-order valence-electron chi connectivity index (χ3n) is 18.2. The minimum absolute atomic E-state index is 0.122. The molecule has 27 atom stereocenters. The molecule has 0 aromatic carbocycles. The van der Waals surface area contributed by atoms with Gasteiger partial charge in [0.15, 0.2) is 24.7 Å². The van der Waals surface area contributed by atoms with Gasteiger partial charge < -0.3 is 78.7 Å². The maximum Gasteiger partial charge on any atom is 0.187 e. The summed E-state index contributed by atoms with van der Waals surface area (Å²) in [5.41, 5.74) is 0.350. The third-order valence-corrected chi connectivity index (χ3v) is 18.2. The molecule has 0 aromatic rings. The number of fused-ring (bicyclic) bond motifs is 7. The van der Waals surface area contributed by atoms with Crippen molar-refractivity contribution in [1.29, 1.82) is 0 Å². The fraction of sp³-hybridized carbons (Fsp3) is 1.00. The predicted octanol–water partition coefficient (Wildman–Crippen LogP) is 1.32. The molecule has 5 saturated heterocycles. The number of aliphatic hydroxyl groups is 8. The van der Waals surface area contributed by atoms with Crippen LogP contribution >= 0.6 is 0 Å². The van der Waals surface area contributed by atoms with Crippen LogP contribution in [0.3, 0.4) is 0 Å². The van der Waals surface area contributed by atoms with E-state index in [1.807, 2.05) is 0 Å². The Balaban J connectivity index is 0.897. The molecule has 0 aromatic heterocycles. The van der Waals surface area contributed by atoms with Gasteiger partial charge in [0.2, 0.25) is 0 Å². The van der Waals surface area contributed by atoms with Crippen LogP contribution in [0.4, 0.5) is 0 Å². The van der Waals surface area contributed by atoms with Crippen LogP contribution in [0.2, 0.25) is 0 Å². The van der Waals surface area contributed by atoms with Gasteiger partial charge in [-0.05, 0) is 118 Å². The molecule has 0 radical (unpaired) electrons. The molecule has 5 heterocycles. The molecule has 61 heavy (non-hydrogen) atoms. The van der Waals surface area contributed by atoms with Crippen LogP contribution in [0.15, 0.2) is 0 Å². The summed E-state index contributed by atoms with van der Waals surface area (Å²) in [5.74, 6) is 3.27. The fourth-order valence-electron chi connectivity index (χ4n) is 14.6. The molecule has 9 aliphatic rings. The molecule has 1 spiro atoms. The van der Waals surface area contributed by atoms with Gasteiger partial charge in [-0.3, -0.25) is 0 Å². The summed E-state index contributed by atoms with van der Waals surface area (Å²) in [6.07, 6.45) is -11.0. The highest BCUT2D eigenvalue weighted by atomic mass is 16.8. The summed E-state index contributed by atoms with van der Waals surface area (Å²) in [6, 6.07) is 0. The van der Waals surface area contributed by atoms with Crippen LogP contribution in [0, 0.1) is 52.3 Å². The van der Waals surface area contributed by atoms with E-state index in [1.165, 1.54) is 26.7 Å². The molecule has 5 aliphatic heterocycles. The summed E-state index contributed by atoms with van der Waals surface area (Å²) >= 11 is 0. The van der Waals surface area contributed by atoms with E-state index in [0.29, 0.717) is 41.4 Å². The molecule has 16 nitrogen and oxygen atoms in total. The van der Waals surface area contributed by atoms with Crippen molar-refractivity contribution in [2.75, 3.05) is 13.2 Å². The average molecular weight is 871 g/mol. The molecule has 4 saturated carbocycles. The Bertz CT molecular complexity index is 1530. The van der Waals surface area contributed by atoms with E-state index in [4.69, 9.17) is 37.9 Å². The minimum atomic E-state index is -1.70. The van der Waals surface area contributed by atoms with Crippen molar-refractivity contribution in [3.63, 3.8) is 0 Å². The van der Waals surface area contributed by atoms with Gasteiger partial charge in [-0.25, -0.2) is 0 Å². The highest BCUT2D eigenvalue weighted by Gasteiger charge is 2.69. The smallest absolute Gasteiger partial charge is 0.187 e. The summed E-state index contributed by atoms with van der Waals surface area (Å²) in [6.45, 7) is 12.9. The molecule has 350 valence electrons. The second kappa shape index (κ2) is 16.9. The zero-order chi connectivity index (χ0) is 43.5. The molecule has 8 N–H and O–H groups in total. The van der Waals surface area contributed by atoms with Gasteiger partial charge in [-0.1, -0.05) is 27.7 Å². The Morgan fingerprint density at radius 2 is 1.23 bits per heavy atom. The maximum atomic E-state index is 12.0. The van der Waals surface area contributed by atoms with Gasteiger partial charge in [-0.15, -0.1) is 0 Å². The lowest BCUT2D eigenvalue weighted by Crippen LogP contribution is -2.66. The lowest BCUT2D eigenvalue weighted by Gasteiger charge is -2.61. The molecule has 9 fully saturated rings. The molecule has 16 heteroatoms. The topological polar surface area (TPSA) is 236 Å². The molecule has 0 bridgehead atoms. The van der Waals surface area contributed by atoms with Crippen molar-refractivity contribution >= 4 is 0 Å². The first kappa shape index (κ1) is 45.5. The highest BCUT2D eigenvalue weighted by molar-refractivity contribution is 5.15. The number of aliphatic hydroxyl groups excluding tert-OH is 8. The lowest BCUT2D eigenvalue weighted by molar-refractivity contribution is -0.389. The number of ether oxygens (including phenoxy) is 8. The van der Waals surface area contributed by atoms with E-state index in [-0.39, 0.29) is 23.0 Å². The Labute approximate surface area is 359 Å². The quantitative estimate of drug-likeness (QED) is 0.169. The number of hydrogen-bond acceptors (Lipinski definition) is 16. The first-order chi connectivity index (χ1) is 28.9. The van der Waals surface area contributed by atoms with Crippen molar-refractivity contribution in [3.05, 3.63) is 0 Å². The summed E-state index contributed by atoms with van der Waals surface area (Å²) in [4.78, 5) is 0. The predicted molar refractivity (Wildman–Crippen MR) is 213 cm³/mol. The molecule has 9 rings (SSSR count). The lowest BCUT2D eigenvalue weighted by atomic mass is 9.44. The van der Waals surface area contributed by atoms with E-state index >= 15 is 0 Å². The van der Waals surface area contributed by atoms with Crippen molar-refractivity contribution < 1.29 is 78.7 Å². The number of hydrogen-bond donors (Lipinski definition) is 8. The SMILES string of the molecule is C[C@@H]1CC[C@@]2(OC1)O[C@H]1C[C@H]3[C@@H]4CC[C@H]5C[C@@H](O[C@H]6O[C@@H](CO)[C@H](O[C@@H]7O[C@H](C)[C@H](O)[C@H](O)[C@@H]7O)[C@@H](O)[C@@H]6O[C@@H]6O[C@H](C)[C@@H](O)[C@H](O)[C@@H]6O)CC[C@@]5(C)[C@@H]4CC[C@@]3(C)[C@H]1[C@@H]2C. The normalized spacial score (nSPS) is 59.7. The van der Waals surface area contributed by atoms with E-state index < -0.39 is 105 Å². The van der Waals surface area contributed by atoms with E-state index in [0.717, 1.165) is 58.0 Å². The molecule has 4 aliphatic carbocycles. The van der Waals surface area contributed by atoms with Crippen LogP contribution < -0.4 is 0 Å². The van der Waals surface area contributed by atoms with Crippen LogP contribution in [0.1, 0.15) is 106 Å². The van der Waals surface area contributed by atoms with Gasteiger partial charge in [-0.2, -0.15) is 0 Å². The largest absolute Gasteiger partial charge is 0.394 e. The van der Waals surface area contributed by atoms with Crippen LogP contribution in [0.25, 0.3) is 0 Å². The van der Waals surface area contributed by atoms with Gasteiger partial charge in [0.05, 0.1) is 37.6 Å². The van der Waals surface area contributed by atoms with E-state index in [2.05, 4.69) is 27.7 Å². The molecule has 0 amide bonds. The zero-order valence-electron chi connectivity index (χ0n) is 36.7. The van der Waals surface area contributed by atoms with Crippen molar-refractivity contribution in [3.8, 4) is 0 Å².